The van der Waals surface area contributed by atoms with Crippen LogP contribution in [0, 0.1) is 0 Å². The van der Waals surface area contributed by atoms with Crippen LogP contribution in [-0.2, 0) is 27.9 Å². The number of hydrogen-bond acceptors (Lipinski definition) is 8. The molecule has 0 aromatic carbocycles. The molecule has 0 aromatic rings. The summed E-state index contributed by atoms with van der Waals surface area (Å²) in [5.41, 5.74) is 0. The zero-order valence-electron chi connectivity index (χ0n) is 34.5. The van der Waals surface area contributed by atoms with Crippen molar-refractivity contribution < 1.29 is 43.0 Å². The van der Waals surface area contributed by atoms with Gasteiger partial charge in [0, 0.05) is 13.0 Å². The summed E-state index contributed by atoms with van der Waals surface area (Å²) in [6, 6.07) is 0. The zero-order valence-corrected chi connectivity index (χ0v) is 35.4. The predicted octanol–water partition coefficient (Wildman–Crippen LogP) is 12.1. The first-order chi connectivity index (χ1) is 25.8. The Kier molecular flexibility index (Phi) is 40.2. The van der Waals surface area contributed by atoms with Gasteiger partial charge in [0.2, 0.25) is 0 Å². The topological polar surface area (TPSA) is 132 Å². The number of esters is 1. The summed E-state index contributed by atoms with van der Waals surface area (Å²) in [6.07, 6.45) is 40.3. The van der Waals surface area contributed by atoms with Gasteiger partial charge in [0.15, 0.2) is 0 Å². The molecular formula is C43H85O9P. The maximum atomic E-state index is 12.6. The largest absolute Gasteiger partial charge is 0.472 e. The summed E-state index contributed by atoms with van der Waals surface area (Å²) < 4.78 is 33.3. The number of carbonyl (C=O) groups excluding carboxylic acids is 1. The highest BCUT2D eigenvalue weighted by atomic mass is 31.2. The van der Waals surface area contributed by atoms with Crippen molar-refractivity contribution in [1.29, 1.82) is 0 Å². The van der Waals surface area contributed by atoms with E-state index in [2.05, 4.69) is 26.0 Å². The van der Waals surface area contributed by atoms with Gasteiger partial charge in [-0.15, -0.1) is 0 Å². The normalized spacial score (nSPS) is 14.1. The Balaban J connectivity index is 4.07. The molecule has 0 aliphatic rings. The van der Waals surface area contributed by atoms with Crippen LogP contribution in [0.25, 0.3) is 0 Å². The maximum absolute atomic E-state index is 12.6. The number of aliphatic hydroxyl groups excluding tert-OH is 2. The van der Waals surface area contributed by atoms with Gasteiger partial charge < -0.3 is 24.6 Å². The van der Waals surface area contributed by atoms with Gasteiger partial charge in [0.25, 0.3) is 0 Å². The third-order valence-electron chi connectivity index (χ3n) is 9.70. The summed E-state index contributed by atoms with van der Waals surface area (Å²) >= 11 is 0. The number of allylic oxidation sites excluding steroid dienone is 2. The molecule has 0 bridgehead atoms. The lowest BCUT2D eigenvalue weighted by atomic mass is 10.0. The zero-order chi connectivity index (χ0) is 38.9. The van der Waals surface area contributed by atoms with Crippen LogP contribution in [-0.4, -0.2) is 66.3 Å². The van der Waals surface area contributed by atoms with Crippen molar-refractivity contribution in [3.8, 4) is 0 Å². The molecule has 9 nitrogen and oxygen atoms in total. The fraction of sp³-hybridized carbons (Fsp3) is 0.930. The van der Waals surface area contributed by atoms with Crippen LogP contribution in [0.15, 0.2) is 12.2 Å². The van der Waals surface area contributed by atoms with Crippen molar-refractivity contribution in [2.75, 3.05) is 33.0 Å². The molecule has 0 amide bonds. The highest BCUT2D eigenvalue weighted by Crippen LogP contribution is 2.43. The molecule has 3 atom stereocenters. The van der Waals surface area contributed by atoms with Gasteiger partial charge in [-0.05, 0) is 32.1 Å². The molecule has 0 aromatic heterocycles. The van der Waals surface area contributed by atoms with E-state index in [1.165, 1.54) is 148 Å². The average Bonchev–Trinajstić information content (AvgIpc) is 3.15. The van der Waals surface area contributed by atoms with Gasteiger partial charge in [-0.3, -0.25) is 13.8 Å². The van der Waals surface area contributed by atoms with Crippen LogP contribution in [0.1, 0.15) is 213 Å². The number of aliphatic hydroxyl groups is 2. The highest BCUT2D eigenvalue weighted by molar-refractivity contribution is 7.47. The monoisotopic (exact) mass is 777 g/mol. The summed E-state index contributed by atoms with van der Waals surface area (Å²) in [7, 11) is -4.51. The van der Waals surface area contributed by atoms with Gasteiger partial charge in [0.05, 0.1) is 26.4 Å². The van der Waals surface area contributed by atoms with Gasteiger partial charge >= 0.3 is 13.8 Å². The van der Waals surface area contributed by atoms with E-state index < -0.39 is 33.2 Å². The van der Waals surface area contributed by atoms with Crippen LogP contribution in [0.4, 0.5) is 0 Å². The first kappa shape index (κ1) is 52.2. The summed E-state index contributed by atoms with van der Waals surface area (Å²) in [5.74, 6) is -0.380. The fourth-order valence-electron chi connectivity index (χ4n) is 6.28. The van der Waals surface area contributed by atoms with Crippen LogP contribution in [0.5, 0.6) is 0 Å². The van der Waals surface area contributed by atoms with Crippen LogP contribution >= 0.6 is 7.82 Å². The maximum Gasteiger partial charge on any atom is 0.472 e. The number of phosphoric ester groups is 1. The molecule has 0 heterocycles. The number of rotatable bonds is 43. The summed E-state index contributed by atoms with van der Waals surface area (Å²) in [4.78, 5) is 22.6. The number of hydrogen-bond donors (Lipinski definition) is 3. The van der Waals surface area contributed by atoms with Crippen molar-refractivity contribution in [2.24, 2.45) is 0 Å². The lowest BCUT2D eigenvalue weighted by Crippen LogP contribution is -2.29. The molecule has 316 valence electrons. The molecular weight excluding hydrogens is 691 g/mol. The Morgan fingerprint density at radius 1 is 0.566 bits per heavy atom. The average molecular weight is 777 g/mol. The summed E-state index contributed by atoms with van der Waals surface area (Å²) in [5, 5.41) is 18.3. The van der Waals surface area contributed by atoms with Gasteiger partial charge in [-0.1, -0.05) is 187 Å². The molecule has 53 heavy (non-hydrogen) atoms. The number of carbonyl (C=O) groups is 1. The predicted molar refractivity (Wildman–Crippen MR) is 219 cm³/mol. The SMILES string of the molecule is CCCC/C=C\CCCCCCCCOCC(COP(=O)(O)OCC(O)CO)OC(=O)CCCCCCCCCCCCCCCCCCCCCC. The minimum absolute atomic E-state index is 0.0502. The Labute approximate surface area is 326 Å². The van der Waals surface area contributed by atoms with E-state index in [0.717, 1.165) is 44.9 Å². The van der Waals surface area contributed by atoms with Crippen molar-refractivity contribution in [2.45, 2.75) is 225 Å². The van der Waals surface area contributed by atoms with Gasteiger partial charge in [0.1, 0.15) is 12.2 Å². The first-order valence-electron chi connectivity index (χ1n) is 22.2. The van der Waals surface area contributed by atoms with E-state index in [-0.39, 0.29) is 25.6 Å². The quantitative estimate of drug-likeness (QED) is 0.0240. The third-order valence-corrected chi connectivity index (χ3v) is 10.7. The standard InChI is InChI=1S/C43H85O9P/c1-3-5-7-9-11-13-15-17-18-19-20-21-22-23-24-25-27-29-31-33-35-43(46)52-42(40-51-53(47,48)50-38-41(45)37-44)39-49-36-34-32-30-28-26-16-14-12-10-8-6-4-2/h10,12,41-42,44-45H,3-9,11,13-40H2,1-2H3,(H,47,48)/b12-10-. The lowest BCUT2D eigenvalue weighted by Gasteiger charge is -2.20. The molecule has 0 fully saturated rings. The van der Waals surface area contributed by atoms with E-state index in [1.807, 2.05) is 0 Å². The Morgan fingerprint density at radius 2 is 0.981 bits per heavy atom. The molecule has 0 rings (SSSR count). The first-order valence-corrected chi connectivity index (χ1v) is 23.7. The molecule has 0 spiro atoms. The van der Waals surface area contributed by atoms with Crippen molar-refractivity contribution in [1.82, 2.24) is 0 Å². The van der Waals surface area contributed by atoms with Crippen molar-refractivity contribution >= 4 is 13.8 Å². The highest BCUT2D eigenvalue weighted by Gasteiger charge is 2.26. The molecule has 0 aliphatic carbocycles. The van der Waals surface area contributed by atoms with Gasteiger partial charge in [-0.2, -0.15) is 0 Å². The lowest BCUT2D eigenvalue weighted by molar-refractivity contribution is -0.154. The van der Waals surface area contributed by atoms with Crippen LogP contribution in [0.3, 0.4) is 0 Å². The molecule has 0 aliphatic heterocycles. The van der Waals surface area contributed by atoms with E-state index in [4.69, 9.17) is 23.6 Å². The van der Waals surface area contributed by atoms with Crippen LogP contribution < -0.4 is 0 Å². The van der Waals surface area contributed by atoms with E-state index in [0.29, 0.717) is 6.61 Å². The molecule has 0 radical (unpaired) electrons. The van der Waals surface area contributed by atoms with Crippen LogP contribution in [0.2, 0.25) is 0 Å². The van der Waals surface area contributed by atoms with E-state index in [1.54, 1.807) is 0 Å². The van der Waals surface area contributed by atoms with Crippen molar-refractivity contribution in [3.05, 3.63) is 12.2 Å². The number of ether oxygens (including phenoxy) is 2. The third kappa shape index (κ3) is 40.7. The van der Waals surface area contributed by atoms with Crippen molar-refractivity contribution in [3.63, 3.8) is 0 Å². The minimum atomic E-state index is -4.51. The molecule has 0 saturated heterocycles. The number of unbranched alkanes of at least 4 members (excludes halogenated alkanes) is 27. The Morgan fingerprint density at radius 3 is 1.47 bits per heavy atom. The molecule has 3 N–H and O–H groups in total. The minimum Gasteiger partial charge on any atom is -0.457 e. The molecule has 10 heteroatoms. The second-order valence-electron chi connectivity index (χ2n) is 15.1. The van der Waals surface area contributed by atoms with Gasteiger partial charge in [-0.25, -0.2) is 4.57 Å². The smallest absolute Gasteiger partial charge is 0.457 e. The fourth-order valence-corrected chi connectivity index (χ4v) is 7.07. The Hall–Kier alpha value is -0.800. The van der Waals surface area contributed by atoms with E-state index >= 15 is 0 Å². The Bertz CT molecular complexity index is 841. The number of phosphoric acid groups is 1. The summed E-state index contributed by atoms with van der Waals surface area (Å²) in [6.45, 7) is 3.51. The molecule has 3 unspecified atom stereocenters. The molecule has 0 saturated carbocycles. The second kappa shape index (κ2) is 40.9. The van der Waals surface area contributed by atoms with E-state index in [9.17, 15) is 19.4 Å². The second-order valence-corrected chi connectivity index (χ2v) is 16.5.